The molecular formula is C28H29N3O2. The Kier molecular flexibility index (Phi) is 5.99. The summed E-state index contributed by atoms with van der Waals surface area (Å²) in [5, 5.41) is 11.2. The minimum atomic E-state index is -0.793. The fraction of sp³-hybridized carbons (Fsp3) is 0.250. The molecule has 1 aliphatic rings. The molecule has 0 unspecified atom stereocenters. The molecule has 2 N–H and O–H groups in total. The van der Waals surface area contributed by atoms with Crippen molar-refractivity contribution >= 4 is 16.9 Å². The molecule has 1 fully saturated rings. The fourth-order valence-corrected chi connectivity index (χ4v) is 5.25. The first-order valence-corrected chi connectivity index (χ1v) is 11.5. The van der Waals surface area contributed by atoms with Gasteiger partial charge >= 0.3 is 5.97 Å². The summed E-state index contributed by atoms with van der Waals surface area (Å²) in [4.78, 5) is 20.4. The quantitative estimate of drug-likeness (QED) is 0.443. The smallest absolute Gasteiger partial charge is 0.325 e. The number of carbonyl (C=O) groups is 1. The molecule has 0 aliphatic carbocycles. The first-order valence-electron chi connectivity index (χ1n) is 11.5. The Morgan fingerprint density at radius 1 is 0.788 bits per heavy atom. The summed E-state index contributed by atoms with van der Waals surface area (Å²) in [5.41, 5.74) is 5.33. The van der Waals surface area contributed by atoms with Crippen LogP contribution in [0.15, 0.2) is 84.9 Å². The summed E-state index contributed by atoms with van der Waals surface area (Å²) < 4.78 is 0. The van der Waals surface area contributed by atoms with Gasteiger partial charge < -0.3 is 10.1 Å². The first-order chi connectivity index (χ1) is 16.1. The highest BCUT2D eigenvalue weighted by atomic mass is 16.4. The standard InChI is InChI=1S/C28H29N3O2/c1-20-25(23-14-8-9-15-24(23)29-20)27(28(32)33)31-18-16-30(17-19-31)26(21-10-4-2-5-11-21)22-12-6-3-7-13-22/h2-15,26-27,29H,16-19H2,1H3,(H,32,33)/t27-/m1/s1. The third-order valence-electron chi connectivity index (χ3n) is 6.76. The molecule has 5 nitrogen and oxygen atoms in total. The number of carboxylic acid groups (broad SMARTS) is 1. The maximum absolute atomic E-state index is 12.5. The average molecular weight is 440 g/mol. The van der Waals surface area contributed by atoms with Crippen LogP contribution >= 0.6 is 0 Å². The molecule has 33 heavy (non-hydrogen) atoms. The van der Waals surface area contributed by atoms with Gasteiger partial charge in [0.15, 0.2) is 0 Å². The average Bonchev–Trinajstić information content (AvgIpc) is 3.17. The van der Waals surface area contributed by atoms with Crippen molar-refractivity contribution < 1.29 is 9.90 Å². The Balaban J connectivity index is 1.42. The van der Waals surface area contributed by atoms with E-state index in [9.17, 15) is 9.90 Å². The van der Waals surface area contributed by atoms with Crippen molar-refractivity contribution in [1.29, 1.82) is 0 Å². The van der Waals surface area contributed by atoms with E-state index in [0.29, 0.717) is 13.1 Å². The highest BCUT2D eigenvalue weighted by Gasteiger charge is 2.35. The van der Waals surface area contributed by atoms with Gasteiger partial charge in [0.05, 0.1) is 6.04 Å². The number of piperazine rings is 1. The van der Waals surface area contributed by atoms with E-state index in [1.54, 1.807) is 0 Å². The fourth-order valence-electron chi connectivity index (χ4n) is 5.25. The van der Waals surface area contributed by atoms with Crippen molar-refractivity contribution in [3.63, 3.8) is 0 Å². The van der Waals surface area contributed by atoms with Crippen molar-refractivity contribution in [2.75, 3.05) is 26.2 Å². The molecule has 0 radical (unpaired) electrons. The number of hydrogen-bond acceptors (Lipinski definition) is 3. The maximum atomic E-state index is 12.5. The Morgan fingerprint density at radius 3 is 1.88 bits per heavy atom. The van der Waals surface area contributed by atoms with Crippen LogP contribution in [0.5, 0.6) is 0 Å². The highest BCUT2D eigenvalue weighted by molar-refractivity contribution is 5.90. The largest absolute Gasteiger partial charge is 0.480 e. The second kappa shape index (κ2) is 9.22. The lowest BCUT2D eigenvalue weighted by Crippen LogP contribution is -2.50. The number of rotatable bonds is 6. The summed E-state index contributed by atoms with van der Waals surface area (Å²) in [6.07, 6.45) is 0. The molecule has 0 bridgehead atoms. The maximum Gasteiger partial charge on any atom is 0.325 e. The Labute approximate surface area is 194 Å². The molecule has 1 aromatic heterocycles. The Hall–Kier alpha value is -3.41. The first kappa shape index (κ1) is 21.4. The van der Waals surface area contributed by atoms with Crippen LogP contribution < -0.4 is 0 Å². The second-order valence-corrected chi connectivity index (χ2v) is 8.75. The van der Waals surface area contributed by atoms with Gasteiger partial charge in [-0.3, -0.25) is 14.6 Å². The van der Waals surface area contributed by atoms with Gasteiger partial charge in [0.2, 0.25) is 0 Å². The van der Waals surface area contributed by atoms with E-state index in [-0.39, 0.29) is 6.04 Å². The Bertz CT molecular complexity index is 1190. The van der Waals surface area contributed by atoms with Crippen molar-refractivity contribution in [3.8, 4) is 0 Å². The molecule has 5 rings (SSSR count). The number of H-pyrrole nitrogens is 1. The Morgan fingerprint density at radius 2 is 1.30 bits per heavy atom. The van der Waals surface area contributed by atoms with Gasteiger partial charge in [-0.1, -0.05) is 78.9 Å². The lowest BCUT2D eigenvalue weighted by Gasteiger charge is -2.41. The third-order valence-corrected chi connectivity index (χ3v) is 6.76. The van der Waals surface area contributed by atoms with E-state index in [0.717, 1.165) is 35.2 Å². The molecule has 5 heteroatoms. The molecule has 3 aromatic carbocycles. The summed E-state index contributed by atoms with van der Waals surface area (Å²) in [6, 6.07) is 28.6. The number of aromatic amines is 1. The monoisotopic (exact) mass is 439 g/mol. The number of hydrogen-bond donors (Lipinski definition) is 2. The number of aromatic nitrogens is 1. The summed E-state index contributed by atoms with van der Waals surface area (Å²) in [5.74, 6) is -0.793. The number of aliphatic carboxylic acids is 1. The molecule has 1 aliphatic heterocycles. The van der Waals surface area contributed by atoms with Crippen LogP contribution in [0.1, 0.15) is 34.5 Å². The molecule has 168 valence electrons. The van der Waals surface area contributed by atoms with E-state index in [2.05, 4.69) is 63.3 Å². The normalized spacial score (nSPS) is 16.3. The van der Waals surface area contributed by atoms with Gasteiger partial charge in [-0.2, -0.15) is 0 Å². The lowest BCUT2D eigenvalue weighted by atomic mass is 9.95. The van der Waals surface area contributed by atoms with E-state index >= 15 is 0 Å². The highest BCUT2D eigenvalue weighted by Crippen LogP contribution is 2.34. The van der Waals surface area contributed by atoms with Crippen molar-refractivity contribution in [2.45, 2.75) is 19.0 Å². The molecular weight excluding hydrogens is 410 g/mol. The van der Waals surface area contributed by atoms with Gasteiger partial charge in [-0.05, 0) is 24.1 Å². The zero-order chi connectivity index (χ0) is 22.8. The van der Waals surface area contributed by atoms with Crippen LogP contribution in [0.2, 0.25) is 0 Å². The SMILES string of the molecule is Cc1[nH]c2ccccc2c1[C@H](C(=O)O)N1CCN(C(c2ccccc2)c2ccccc2)CC1. The van der Waals surface area contributed by atoms with Crippen LogP contribution in [0, 0.1) is 6.92 Å². The lowest BCUT2D eigenvalue weighted by molar-refractivity contribution is -0.144. The van der Waals surface area contributed by atoms with E-state index in [4.69, 9.17) is 0 Å². The van der Waals surface area contributed by atoms with Crippen LogP contribution in [0.25, 0.3) is 10.9 Å². The van der Waals surface area contributed by atoms with E-state index < -0.39 is 12.0 Å². The minimum Gasteiger partial charge on any atom is -0.480 e. The molecule has 0 saturated carbocycles. The van der Waals surface area contributed by atoms with Gasteiger partial charge in [-0.15, -0.1) is 0 Å². The van der Waals surface area contributed by atoms with Crippen LogP contribution in [0.4, 0.5) is 0 Å². The van der Waals surface area contributed by atoms with E-state index in [1.165, 1.54) is 11.1 Å². The number of carboxylic acids is 1. The number of aryl methyl sites for hydroxylation is 1. The molecule has 4 aromatic rings. The van der Waals surface area contributed by atoms with Crippen molar-refractivity contribution in [1.82, 2.24) is 14.8 Å². The van der Waals surface area contributed by atoms with Crippen LogP contribution in [-0.2, 0) is 4.79 Å². The number of benzene rings is 3. The second-order valence-electron chi connectivity index (χ2n) is 8.75. The van der Waals surface area contributed by atoms with Crippen LogP contribution in [-0.4, -0.2) is 52.0 Å². The molecule has 2 heterocycles. The van der Waals surface area contributed by atoms with Gasteiger partial charge in [0.25, 0.3) is 0 Å². The third kappa shape index (κ3) is 4.17. The van der Waals surface area contributed by atoms with Gasteiger partial charge in [-0.25, -0.2) is 0 Å². The number of fused-ring (bicyclic) bond motifs is 1. The number of nitrogens with zero attached hydrogens (tertiary/aromatic N) is 2. The topological polar surface area (TPSA) is 59.6 Å². The summed E-state index contributed by atoms with van der Waals surface area (Å²) in [7, 11) is 0. The summed E-state index contributed by atoms with van der Waals surface area (Å²) >= 11 is 0. The zero-order valence-corrected chi connectivity index (χ0v) is 18.8. The number of nitrogens with one attached hydrogen (secondary N) is 1. The van der Waals surface area contributed by atoms with Gasteiger partial charge in [0.1, 0.15) is 6.04 Å². The van der Waals surface area contributed by atoms with E-state index in [1.807, 2.05) is 43.3 Å². The predicted molar refractivity (Wildman–Crippen MR) is 131 cm³/mol. The molecule has 1 saturated heterocycles. The minimum absolute atomic E-state index is 0.160. The van der Waals surface area contributed by atoms with Crippen molar-refractivity contribution in [2.24, 2.45) is 0 Å². The molecule has 1 atom stereocenters. The summed E-state index contributed by atoms with van der Waals surface area (Å²) in [6.45, 7) is 4.99. The number of para-hydroxylation sites is 1. The molecule has 0 amide bonds. The predicted octanol–water partition coefficient (Wildman–Crippen LogP) is 5.01. The zero-order valence-electron chi connectivity index (χ0n) is 18.8. The molecule has 0 spiro atoms. The van der Waals surface area contributed by atoms with Crippen LogP contribution in [0.3, 0.4) is 0 Å². The van der Waals surface area contributed by atoms with Gasteiger partial charge in [0, 0.05) is 48.3 Å². The van der Waals surface area contributed by atoms with Crippen molar-refractivity contribution in [3.05, 3.63) is 107 Å².